The fraction of sp³-hybridized carbons (Fsp3) is 0. The highest BCUT2D eigenvalue weighted by Crippen LogP contribution is 2.02. The van der Waals surface area contributed by atoms with Crippen molar-refractivity contribution in [1.82, 2.24) is 0 Å². The first-order valence-corrected chi connectivity index (χ1v) is 2.52. The van der Waals surface area contributed by atoms with Gasteiger partial charge >= 0.3 is 0 Å². The lowest BCUT2D eigenvalue weighted by molar-refractivity contribution is -0.419. The zero-order valence-corrected chi connectivity index (χ0v) is 5.41. The van der Waals surface area contributed by atoms with E-state index < -0.39 is 4.92 Å². The van der Waals surface area contributed by atoms with Crippen LogP contribution >= 0.6 is 0 Å². The predicted octanol–water partition coefficient (Wildman–Crippen LogP) is 1.02. The molecule has 0 N–H and O–H groups in total. The van der Waals surface area contributed by atoms with Crippen molar-refractivity contribution < 1.29 is 4.92 Å². The van der Waals surface area contributed by atoms with E-state index in [2.05, 4.69) is 13.2 Å². The topological polar surface area (TPSA) is 43.1 Å². The minimum absolute atomic E-state index is 0.0278. The fourth-order valence-electron chi connectivity index (χ4n) is 0.402. The van der Waals surface area contributed by atoms with Gasteiger partial charge in [-0.2, -0.15) is 0 Å². The molecule has 50 valence electrons. The predicted molar refractivity (Wildman–Crippen MR) is 40.2 cm³/mol. The lowest BCUT2D eigenvalue weighted by atomic mass is 9.93. The third-order valence-corrected chi connectivity index (χ3v) is 0.906. The Labute approximate surface area is 60.3 Å². The lowest BCUT2D eigenvalue weighted by Gasteiger charge is -1.92. The normalized spacial score (nSPS) is 11.6. The van der Waals surface area contributed by atoms with Crippen molar-refractivity contribution in [3.05, 3.63) is 46.6 Å². The molecular formula is C6H6BNO2. The van der Waals surface area contributed by atoms with Crippen LogP contribution in [0.4, 0.5) is 0 Å². The quantitative estimate of drug-likeness (QED) is 0.251. The van der Waals surface area contributed by atoms with E-state index in [4.69, 9.17) is 7.85 Å². The number of allylic oxidation sites excluding steroid dienone is 3. The van der Waals surface area contributed by atoms with Gasteiger partial charge in [0.1, 0.15) is 7.85 Å². The zero-order valence-electron chi connectivity index (χ0n) is 5.41. The van der Waals surface area contributed by atoms with Gasteiger partial charge in [0, 0.05) is 6.08 Å². The van der Waals surface area contributed by atoms with Gasteiger partial charge in [-0.15, -0.1) is 0 Å². The van der Waals surface area contributed by atoms with Crippen molar-refractivity contribution in [2.75, 3.05) is 0 Å². The molecule has 10 heavy (non-hydrogen) atoms. The first-order valence-electron chi connectivity index (χ1n) is 2.52. The third-order valence-electron chi connectivity index (χ3n) is 0.906. The number of nitro groups is 1. The molecule has 0 spiro atoms. The van der Waals surface area contributed by atoms with Gasteiger partial charge in [-0.1, -0.05) is 19.2 Å². The van der Waals surface area contributed by atoms with Crippen molar-refractivity contribution in [3.63, 3.8) is 0 Å². The molecule has 0 rings (SSSR count). The molecule has 0 aromatic carbocycles. The Hall–Kier alpha value is -1.32. The molecule has 2 radical (unpaired) electrons. The Morgan fingerprint density at radius 2 is 2.00 bits per heavy atom. The fourth-order valence-corrected chi connectivity index (χ4v) is 0.402. The maximum atomic E-state index is 10.1. The second-order valence-electron chi connectivity index (χ2n) is 1.51. The Bertz CT molecular complexity index is 208. The summed E-state index contributed by atoms with van der Waals surface area (Å²) in [6.07, 6.45) is 2.29. The maximum absolute atomic E-state index is 10.1. The summed E-state index contributed by atoms with van der Waals surface area (Å²) in [7, 11) is 5.18. The molecule has 0 atom stereocenters. The molecule has 0 aromatic heterocycles. The van der Waals surface area contributed by atoms with Gasteiger partial charge in [-0.25, -0.2) is 0 Å². The van der Waals surface area contributed by atoms with E-state index in [-0.39, 0.29) is 11.2 Å². The van der Waals surface area contributed by atoms with Gasteiger partial charge in [-0.05, 0) is 5.47 Å². The summed E-state index contributed by atoms with van der Waals surface area (Å²) >= 11 is 0. The van der Waals surface area contributed by atoms with Crippen LogP contribution in [-0.2, 0) is 0 Å². The Balaban J connectivity index is 4.79. The second-order valence-corrected chi connectivity index (χ2v) is 1.51. The SMILES string of the molecule is [B]/C(C=C)=C(/C=C)[N+](=O)[O-]. The van der Waals surface area contributed by atoms with Crippen LogP contribution < -0.4 is 0 Å². The van der Waals surface area contributed by atoms with Crippen LogP contribution in [0, 0.1) is 10.1 Å². The second kappa shape index (κ2) is 3.66. The van der Waals surface area contributed by atoms with E-state index in [0.29, 0.717) is 0 Å². The first-order chi connectivity index (χ1) is 4.63. The van der Waals surface area contributed by atoms with E-state index >= 15 is 0 Å². The van der Waals surface area contributed by atoms with Crippen molar-refractivity contribution in [1.29, 1.82) is 0 Å². The van der Waals surface area contributed by atoms with Crippen molar-refractivity contribution in [3.8, 4) is 0 Å². The summed E-state index contributed by atoms with van der Waals surface area (Å²) in [5, 5.41) is 10.1. The highest BCUT2D eigenvalue weighted by Gasteiger charge is 2.05. The molecule has 0 unspecified atom stereocenters. The minimum atomic E-state index is -0.607. The smallest absolute Gasteiger partial charge is 0.258 e. The highest BCUT2D eigenvalue weighted by molar-refractivity contribution is 6.23. The van der Waals surface area contributed by atoms with Gasteiger partial charge in [0.05, 0.1) is 4.92 Å². The summed E-state index contributed by atoms with van der Waals surface area (Å²) in [6, 6.07) is 0. The number of hydrogen-bond donors (Lipinski definition) is 0. The lowest BCUT2D eigenvalue weighted by Crippen LogP contribution is -1.98. The Morgan fingerprint density at radius 3 is 2.10 bits per heavy atom. The van der Waals surface area contributed by atoms with Crippen LogP contribution in [0.2, 0.25) is 0 Å². The molecular weight excluding hydrogens is 129 g/mol. The van der Waals surface area contributed by atoms with E-state index in [0.717, 1.165) is 6.08 Å². The standard InChI is InChI=1S/C6H6BNO2/c1-3-5(7)6(4-2)8(9)10/h3-4H,1-2H2/b6-5-. The monoisotopic (exact) mass is 135 g/mol. The van der Waals surface area contributed by atoms with Crippen LogP contribution in [0.1, 0.15) is 0 Å². The first kappa shape index (κ1) is 8.68. The van der Waals surface area contributed by atoms with Crippen LogP contribution in [0.5, 0.6) is 0 Å². The van der Waals surface area contributed by atoms with Crippen LogP contribution in [0.25, 0.3) is 0 Å². The van der Waals surface area contributed by atoms with E-state index in [1.807, 2.05) is 0 Å². The van der Waals surface area contributed by atoms with E-state index in [1.165, 1.54) is 6.08 Å². The van der Waals surface area contributed by atoms with Gasteiger partial charge < -0.3 is 0 Å². The summed E-state index contributed by atoms with van der Waals surface area (Å²) in [5.41, 5.74) is -0.185. The van der Waals surface area contributed by atoms with Crippen LogP contribution in [0.3, 0.4) is 0 Å². The van der Waals surface area contributed by atoms with Gasteiger partial charge in [0.2, 0.25) is 0 Å². The molecule has 0 aromatic rings. The minimum Gasteiger partial charge on any atom is -0.258 e. The van der Waals surface area contributed by atoms with Crippen LogP contribution in [0.15, 0.2) is 36.5 Å². The molecule has 0 aliphatic carbocycles. The molecule has 0 aliphatic rings. The molecule has 0 heterocycles. The van der Waals surface area contributed by atoms with Crippen LogP contribution in [-0.4, -0.2) is 12.8 Å². The van der Waals surface area contributed by atoms with Gasteiger partial charge in [-0.3, -0.25) is 10.1 Å². The number of nitrogens with zero attached hydrogens (tertiary/aromatic N) is 1. The summed E-state index contributed by atoms with van der Waals surface area (Å²) in [4.78, 5) is 9.47. The molecule has 0 aliphatic heterocycles. The molecule has 0 saturated heterocycles. The van der Waals surface area contributed by atoms with Crippen molar-refractivity contribution in [2.45, 2.75) is 0 Å². The van der Waals surface area contributed by atoms with Crippen molar-refractivity contribution in [2.24, 2.45) is 0 Å². The zero-order chi connectivity index (χ0) is 8.15. The molecule has 3 nitrogen and oxygen atoms in total. The van der Waals surface area contributed by atoms with Gasteiger partial charge in [0.15, 0.2) is 0 Å². The third kappa shape index (κ3) is 1.89. The maximum Gasteiger partial charge on any atom is 0.261 e. The Kier molecular flexibility index (Phi) is 3.18. The molecule has 0 saturated carbocycles. The highest BCUT2D eigenvalue weighted by atomic mass is 16.6. The molecule has 0 amide bonds. The number of rotatable bonds is 3. The Morgan fingerprint density at radius 1 is 1.50 bits per heavy atom. The van der Waals surface area contributed by atoms with Crippen molar-refractivity contribution >= 4 is 7.85 Å². The molecule has 0 fully saturated rings. The largest absolute Gasteiger partial charge is 0.261 e. The summed E-state index contributed by atoms with van der Waals surface area (Å²) in [6.45, 7) is 6.50. The average Bonchev–Trinajstić information content (AvgIpc) is 1.88. The summed E-state index contributed by atoms with van der Waals surface area (Å²) in [5.74, 6) is 0. The average molecular weight is 135 g/mol. The van der Waals surface area contributed by atoms with Gasteiger partial charge in [0.25, 0.3) is 5.70 Å². The van der Waals surface area contributed by atoms with E-state index in [1.54, 1.807) is 0 Å². The summed E-state index contributed by atoms with van der Waals surface area (Å²) < 4.78 is 0. The number of hydrogen-bond acceptors (Lipinski definition) is 2. The molecule has 4 heteroatoms. The molecule has 0 bridgehead atoms. The van der Waals surface area contributed by atoms with E-state index in [9.17, 15) is 10.1 Å².